The third kappa shape index (κ3) is 21.6. The number of hydrogen-bond donors (Lipinski definition) is 4. The predicted molar refractivity (Wildman–Crippen MR) is 463 cm³/mol. The molecule has 0 saturated carbocycles. The van der Waals surface area contributed by atoms with Gasteiger partial charge in [0, 0.05) is 104 Å². The second kappa shape index (κ2) is 40.4. The molecule has 2 aliphatic rings. The van der Waals surface area contributed by atoms with E-state index in [2.05, 4.69) is 114 Å². The van der Waals surface area contributed by atoms with E-state index >= 15 is 0 Å². The van der Waals surface area contributed by atoms with Crippen LogP contribution in [0.2, 0.25) is 0 Å². The minimum atomic E-state index is -0.678. The van der Waals surface area contributed by atoms with Crippen LogP contribution in [0.15, 0.2) is 274 Å². The molecule has 6 amide bonds. The van der Waals surface area contributed by atoms with Crippen LogP contribution >= 0.6 is 47.8 Å². The van der Waals surface area contributed by atoms with E-state index in [1.54, 1.807) is 155 Å². The number of rotatable bonds is 17. The number of hydrogen-bond acceptors (Lipinski definition) is 25. The summed E-state index contributed by atoms with van der Waals surface area (Å²) in [6.45, 7) is 4.69. The molecule has 18 rings (SSSR count). The van der Waals surface area contributed by atoms with E-state index in [-0.39, 0.29) is 37.2 Å². The fourth-order valence-corrected chi connectivity index (χ4v) is 14.2. The van der Waals surface area contributed by atoms with Crippen molar-refractivity contribution in [3.8, 4) is 45.7 Å². The number of ether oxygens (including phenoxy) is 6. The molecule has 0 aliphatic carbocycles. The Kier molecular flexibility index (Phi) is 27.4. The van der Waals surface area contributed by atoms with Gasteiger partial charge in [-0.15, -0.1) is 0 Å². The van der Waals surface area contributed by atoms with Gasteiger partial charge >= 0.3 is 36.6 Å². The molecular weight excluding hydrogens is 1790 g/mol. The second-order valence-corrected chi connectivity index (χ2v) is 30.0. The smallest absolute Gasteiger partial charge is 0.418 e. The number of anilines is 4. The lowest BCUT2D eigenvalue weighted by Crippen LogP contribution is -2.39. The van der Waals surface area contributed by atoms with Crippen LogP contribution in [0.1, 0.15) is 72.5 Å². The van der Waals surface area contributed by atoms with E-state index in [0.717, 1.165) is 71.4 Å². The molecule has 2 aliphatic heterocycles. The number of nitrogens with zero attached hydrogens (tertiary/aromatic N) is 18. The van der Waals surface area contributed by atoms with Crippen LogP contribution in [0.25, 0.3) is 45.3 Å². The van der Waals surface area contributed by atoms with E-state index in [4.69, 9.17) is 47.8 Å². The number of halogens is 3. The fourth-order valence-electron chi connectivity index (χ4n) is 13.1. The molecule has 1 atom stereocenters. The molecule has 0 bridgehead atoms. The van der Waals surface area contributed by atoms with Crippen LogP contribution in [0, 0.1) is 0 Å². The van der Waals surface area contributed by atoms with Crippen LogP contribution in [-0.2, 0) is 29.1 Å². The molecule has 0 spiro atoms. The molecule has 13 aromatic heterocycles. The van der Waals surface area contributed by atoms with Crippen LogP contribution in [0.4, 0.5) is 52.0 Å². The number of aromatic nitrogens is 16. The largest absolute Gasteiger partial charge is 0.463 e. The molecule has 0 radical (unpaired) electrons. The summed E-state index contributed by atoms with van der Waals surface area (Å²) in [5.41, 5.74) is 9.04. The van der Waals surface area contributed by atoms with Gasteiger partial charge in [0.1, 0.15) is 42.2 Å². The van der Waals surface area contributed by atoms with Gasteiger partial charge in [-0.25, -0.2) is 48.7 Å². The van der Waals surface area contributed by atoms with Gasteiger partial charge in [0.2, 0.25) is 0 Å². The maximum Gasteiger partial charge on any atom is 0.418 e. The van der Waals surface area contributed by atoms with Crippen molar-refractivity contribution in [1.29, 1.82) is 0 Å². The van der Waals surface area contributed by atoms with Crippen LogP contribution < -0.4 is 40.2 Å². The van der Waals surface area contributed by atoms with Crippen molar-refractivity contribution in [3.63, 3.8) is 0 Å². The first-order valence-electron chi connectivity index (χ1n) is 38.6. The number of nitrogens with one attached hydrogen (secondary N) is 4. The standard InChI is InChI=1S/2C25H23BrN6O4.C20H17N5O2.C16H10BrN5O3/c26-20-14-28-32-22(30-24(33)36-19-9-4-10-27-13-19)12-21(29-23(20)32)18-8-5-11-31(15-18)25(34)35-16-17-6-2-1-3-7-17;26-20-15-28-32-22(30-24(33)36-19-7-4-10-27-14-19)13-21(29-23(20)32)18-8-11-31(12-9-18)25(34)35-16-17-5-2-1-3-6-17;1-2-14-12-22-25-18(24-20(26)27-16-9-6-10-21-13-16)11-17(23-19(14)25)15-7-4-3-5-8-15;17-11-9-19-22-14(21-16(23)25-10-3-1-5-18-8-10)7-12(20-15(11)22)13-4-2-6-24-13/h1-4,6-7,9-10,12-14,18H,5,8,11,15-16H2,(H,30,33);1-7,10,13-15,18H,8-9,11-12,16H2,(H,30,33);3-13H,2H2,1H3,(H,24,26);1-9H,(H,21,23). The minimum absolute atomic E-state index is 0.0373. The molecule has 35 nitrogen and oxygen atoms in total. The molecule has 626 valence electrons. The van der Waals surface area contributed by atoms with Crippen molar-refractivity contribution in [1.82, 2.24) is 88.1 Å². The molecule has 2 fully saturated rings. The zero-order valence-corrected chi connectivity index (χ0v) is 70.4. The van der Waals surface area contributed by atoms with Crippen molar-refractivity contribution in [2.75, 3.05) is 47.4 Å². The second-order valence-electron chi connectivity index (χ2n) is 27.4. The van der Waals surface area contributed by atoms with Gasteiger partial charge in [-0.3, -0.25) is 41.2 Å². The lowest BCUT2D eigenvalue weighted by molar-refractivity contribution is 0.0853. The summed E-state index contributed by atoms with van der Waals surface area (Å²) in [5.74, 6) is 3.67. The van der Waals surface area contributed by atoms with E-state index in [9.17, 15) is 28.8 Å². The van der Waals surface area contributed by atoms with E-state index in [0.29, 0.717) is 120 Å². The normalized spacial score (nSPS) is 13.0. The molecular formula is C86H73Br3N22O13. The summed E-state index contributed by atoms with van der Waals surface area (Å²) in [5, 5.41) is 28.1. The summed E-state index contributed by atoms with van der Waals surface area (Å²) < 4.78 is 45.7. The molecule has 124 heavy (non-hydrogen) atoms. The Balaban J connectivity index is 0.000000129. The van der Waals surface area contributed by atoms with Gasteiger partial charge in [0.25, 0.3) is 0 Å². The Morgan fingerprint density at radius 2 is 0.815 bits per heavy atom. The lowest BCUT2D eigenvalue weighted by Gasteiger charge is -2.32. The third-order valence-electron chi connectivity index (χ3n) is 19.1. The SMILES string of the molecule is CCc1cnn2c(NC(=O)Oc3cccnc3)cc(-c3ccccc3)nc12.O=C(Nc1cc(-c2ccco2)nc2c(Br)cnn12)Oc1cccnc1.O=C(Nc1cc(C2CCCN(C(=O)OCc3ccccc3)C2)nc2c(Br)cnn12)Oc1cccnc1.O=C(Nc1cc(C2CCN(C(=O)OCc3ccccc3)CC2)nc2c(Br)cnn12)Oc1cccnc1. The zero-order chi connectivity index (χ0) is 85.7. The first kappa shape index (κ1) is 84.1. The molecule has 2 saturated heterocycles. The van der Waals surface area contributed by atoms with Gasteiger partial charge in [0.15, 0.2) is 51.3 Å². The summed E-state index contributed by atoms with van der Waals surface area (Å²) in [7, 11) is 0. The summed E-state index contributed by atoms with van der Waals surface area (Å²) in [6, 6.07) is 52.8. The molecule has 3 aromatic carbocycles. The fraction of sp³-hybridized carbons (Fsp3) is 0.163. The van der Waals surface area contributed by atoms with Gasteiger partial charge in [-0.05, 0) is 152 Å². The summed E-state index contributed by atoms with van der Waals surface area (Å²) in [6.07, 6.45) is 20.9. The number of benzene rings is 3. The number of furan rings is 1. The number of pyridine rings is 4. The number of fused-ring (bicyclic) bond motifs is 4. The zero-order valence-electron chi connectivity index (χ0n) is 65.7. The number of carbonyl (C=O) groups is 6. The molecule has 16 aromatic rings. The quantitative estimate of drug-likeness (QED) is 0.0658. The maximum absolute atomic E-state index is 12.7. The minimum Gasteiger partial charge on any atom is -0.463 e. The Labute approximate surface area is 730 Å². The van der Waals surface area contributed by atoms with Crippen molar-refractivity contribution < 1.29 is 61.6 Å². The third-order valence-corrected chi connectivity index (χ3v) is 20.8. The van der Waals surface area contributed by atoms with Gasteiger partial charge in [-0.1, -0.05) is 97.9 Å². The Morgan fingerprint density at radius 1 is 0.411 bits per heavy atom. The summed E-state index contributed by atoms with van der Waals surface area (Å²) >= 11 is 10.3. The van der Waals surface area contributed by atoms with Crippen molar-refractivity contribution in [2.45, 2.75) is 64.1 Å². The van der Waals surface area contributed by atoms with Crippen LogP contribution in [-0.4, -0.2) is 151 Å². The monoisotopic (exact) mass is 1860 g/mol. The Morgan fingerprint density at radius 3 is 1.25 bits per heavy atom. The number of piperidine rings is 2. The lowest BCUT2D eigenvalue weighted by atomic mass is 9.93. The molecule has 38 heteroatoms. The first-order chi connectivity index (χ1) is 60.6. The van der Waals surface area contributed by atoms with E-state index in [1.165, 1.54) is 38.3 Å². The van der Waals surface area contributed by atoms with Crippen LogP contribution in [0.3, 0.4) is 0 Å². The number of amides is 6. The van der Waals surface area contributed by atoms with Gasteiger partial charge in [0.05, 0.1) is 80.6 Å². The predicted octanol–water partition coefficient (Wildman–Crippen LogP) is 17.8. The number of likely N-dealkylation sites (tertiary alicyclic amines) is 2. The highest BCUT2D eigenvalue weighted by molar-refractivity contribution is 9.11. The average molecular weight is 1860 g/mol. The Hall–Kier alpha value is -14.9. The van der Waals surface area contributed by atoms with Crippen molar-refractivity contribution in [3.05, 3.63) is 298 Å². The van der Waals surface area contributed by atoms with Gasteiger partial charge < -0.3 is 42.6 Å². The number of carbonyl (C=O) groups excluding carboxylic acids is 6. The first-order valence-corrected chi connectivity index (χ1v) is 41.0. The highest BCUT2D eigenvalue weighted by Crippen LogP contribution is 2.35. The highest BCUT2D eigenvalue weighted by Gasteiger charge is 2.31. The average Bonchev–Trinajstić information content (AvgIpc) is 1.62. The number of aryl methyl sites for hydroxylation is 1. The maximum atomic E-state index is 12.7. The molecule has 15 heterocycles. The van der Waals surface area contributed by atoms with Crippen molar-refractivity contribution >= 4 is 130 Å². The Bertz CT molecular complexity index is 6360. The summed E-state index contributed by atoms with van der Waals surface area (Å²) in [4.78, 5) is 113. The van der Waals surface area contributed by atoms with Crippen LogP contribution in [0.5, 0.6) is 23.0 Å². The topological polar surface area (TPSA) is 398 Å². The van der Waals surface area contributed by atoms with Crippen molar-refractivity contribution in [2.24, 2.45) is 0 Å². The van der Waals surface area contributed by atoms with E-state index in [1.807, 2.05) is 97.9 Å². The molecule has 4 N–H and O–H groups in total. The highest BCUT2D eigenvalue weighted by atomic mass is 79.9. The molecule has 1 unspecified atom stereocenters. The van der Waals surface area contributed by atoms with Gasteiger partial charge in [-0.2, -0.15) is 38.5 Å². The van der Waals surface area contributed by atoms with E-state index < -0.39 is 24.4 Å².